The number of carbonyl (C=O) groups excluding carboxylic acids is 3. The number of hydrogen-bond acceptors (Lipinski definition) is 4. The number of aromatic nitrogens is 1. The van der Waals surface area contributed by atoms with E-state index in [-0.39, 0.29) is 42.1 Å². The van der Waals surface area contributed by atoms with Gasteiger partial charge in [-0.2, -0.15) is 0 Å². The van der Waals surface area contributed by atoms with Crippen LogP contribution >= 0.6 is 0 Å². The smallest absolute Gasteiger partial charge is 0.272 e. The van der Waals surface area contributed by atoms with Crippen molar-refractivity contribution in [3.05, 3.63) is 101 Å². The van der Waals surface area contributed by atoms with Gasteiger partial charge < -0.3 is 15.1 Å². The molecule has 3 amide bonds. The van der Waals surface area contributed by atoms with E-state index in [2.05, 4.69) is 22.4 Å². The third kappa shape index (κ3) is 5.40. The zero-order valence-electron chi connectivity index (χ0n) is 21.0. The van der Waals surface area contributed by atoms with Crippen molar-refractivity contribution in [2.24, 2.45) is 5.92 Å². The second-order valence-corrected chi connectivity index (χ2v) is 9.92. The minimum absolute atomic E-state index is 0.00449. The highest BCUT2D eigenvalue weighted by molar-refractivity contribution is 5.99. The van der Waals surface area contributed by atoms with Gasteiger partial charge in [0.15, 0.2) is 0 Å². The monoisotopic (exact) mass is 496 g/mol. The van der Waals surface area contributed by atoms with E-state index in [0.717, 1.165) is 24.8 Å². The number of nitrogens with zero attached hydrogens (tertiary/aromatic N) is 3. The van der Waals surface area contributed by atoms with Gasteiger partial charge in [0.05, 0.1) is 12.5 Å². The lowest BCUT2D eigenvalue weighted by atomic mass is 9.84. The standard InChI is InChI=1S/C30H32N4O3/c1-33(30(37)25-13-7-8-16-31-25)27(19-21-9-3-2-4-10-21)22-14-17-34(18-15-22)28(35)20-26-23-11-5-6-12-24(23)29(36)32-26/h2-13,16,22,26-27H,14-15,17-20H2,1H3,(H,32,36)/t26-,27+/m1/s1. The summed E-state index contributed by atoms with van der Waals surface area (Å²) in [6.45, 7) is 1.28. The molecule has 7 nitrogen and oxygen atoms in total. The molecule has 2 aliphatic rings. The summed E-state index contributed by atoms with van der Waals surface area (Å²) >= 11 is 0. The molecule has 7 heteroatoms. The van der Waals surface area contributed by atoms with Crippen molar-refractivity contribution >= 4 is 17.7 Å². The minimum atomic E-state index is -0.276. The molecule has 3 aromatic rings. The molecule has 1 saturated heterocycles. The summed E-state index contributed by atoms with van der Waals surface area (Å²) < 4.78 is 0. The van der Waals surface area contributed by atoms with Gasteiger partial charge in [-0.3, -0.25) is 19.4 Å². The molecule has 2 aliphatic heterocycles. The van der Waals surface area contributed by atoms with Crippen molar-refractivity contribution in [2.45, 2.75) is 37.8 Å². The Bertz CT molecular complexity index is 1260. The predicted octanol–water partition coefficient (Wildman–Crippen LogP) is 3.88. The van der Waals surface area contributed by atoms with Gasteiger partial charge in [-0.15, -0.1) is 0 Å². The van der Waals surface area contributed by atoms with Gasteiger partial charge in [0, 0.05) is 37.9 Å². The minimum Gasteiger partial charge on any atom is -0.345 e. The van der Waals surface area contributed by atoms with Crippen molar-refractivity contribution in [1.82, 2.24) is 20.1 Å². The number of amides is 3. The molecule has 2 aromatic carbocycles. The van der Waals surface area contributed by atoms with E-state index < -0.39 is 0 Å². The van der Waals surface area contributed by atoms with Gasteiger partial charge in [0.1, 0.15) is 5.69 Å². The summed E-state index contributed by atoms with van der Waals surface area (Å²) in [5, 5.41) is 2.95. The maximum absolute atomic E-state index is 13.3. The quantitative estimate of drug-likeness (QED) is 0.538. The molecule has 0 saturated carbocycles. The Kier molecular flexibility index (Phi) is 7.30. The van der Waals surface area contributed by atoms with Crippen LogP contribution in [0.15, 0.2) is 79.0 Å². The highest BCUT2D eigenvalue weighted by atomic mass is 16.2. The van der Waals surface area contributed by atoms with Gasteiger partial charge >= 0.3 is 0 Å². The Balaban J connectivity index is 1.25. The molecule has 1 fully saturated rings. The van der Waals surface area contributed by atoms with Crippen LogP contribution in [0.5, 0.6) is 0 Å². The number of likely N-dealkylation sites (N-methyl/N-ethyl adjacent to an activating group) is 1. The van der Waals surface area contributed by atoms with E-state index in [0.29, 0.717) is 24.3 Å². The van der Waals surface area contributed by atoms with Crippen molar-refractivity contribution < 1.29 is 14.4 Å². The Morgan fingerprint density at radius 3 is 2.43 bits per heavy atom. The van der Waals surface area contributed by atoms with Crippen LogP contribution in [0, 0.1) is 5.92 Å². The number of fused-ring (bicyclic) bond motifs is 1. The second-order valence-electron chi connectivity index (χ2n) is 9.92. The third-order valence-electron chi connectivity index (χ3n) is 7.69. The Morgan fingerprint density at radius 1 is 1.00 bits per heavy atom. The fourth-order valence-corrected chi connectivity index (χ4v) is 5.62. The number of benzene rings is 2. The fourth-order valence-electron chi connectivity index (χ4n) is 5.62. The lowest BCUT2D eigenvalue weighted by molar-refractivity contribution is -0.133. The summed E-state index contributed by atoms with van der Waals surface area (Å²) in [7, 11) is 1.86. The predicted molar refractivity (Wildman–Crippen MR) is 141 cm³/mol. The largest absolute Gasteiger partial charge is 0.345 e. The van der Waals surface area contributed by atoms with Crippen molar-refractivity contribution in [3.8, 4) is 0 Å². The number of likely N-dealkylation sites (tertiary alicyclic amines) is 1. The van der Waals surface area contributed by atoms with Crippen LogP contribution in [0.2, 0.25) is 0 Å². The van der Waals surface area contributed by atoms with E-state index in [4.69, 9.17) is 0 Å². The number of nitrogens with one attached hydrogen (secondary N) is 1. The van der Waals surface area contributed by atoms with Crippen LogP contribution in [0.25, 0.3) is 0 Å². The van der Waals surface area contributed by atoms with E-state index >= 15 is 0 Å². The molecule has 2 atom stereocenters. The average molecular weight is 497 g/mol. The molecular formula is C30H32N4O3. The topological polar surface area (TPSA) is 82.6 Å². The van der Waals surface area contributed by atoms with Gasteiger partial charge in [-0.05, 0) is 54.5 Å². The maximum atomic E-state index is 13.3. The summed E-state index contributed by atoms with van der Waals surface area (Å²) in [6, 6.07) is 22.8. The number of carbonyl (C=O) groups is 3. The van der Waals surface area contributed by atoms with Crippen LogP contribution in [-0.4, -0.2) is 58.7 Å². The molecule has 0 unspecified atom stereocenters. The van der Waals surface area contributed by atoms with E-state index in [1.54, 1.807) is 24.4 Å². The Morgan fingerprint density at radius 2 is 1.70 bits per heavy atom. The molecular weight excluding hydrogens is 464 g/mol. The zero-order chi connectivity index (χ0) is 25.8. The summed E-state index contributed by atoms with van der Waals surface area (Å²) in [5.41, 5.74) is 3.17. The van der Waals surface area contributed by atoms with Crippen molar-refractivity contribution in [2.75, 3.05) is 20.1 Å². The van der Waals surface area contributed by atoms with Crippen LogP contribution in [0.4, 0.5) is 0 Å². The van der Waals surface area contributed by atoms with Crippen LogP contribution in [0.3, 0.4) is 0 Å². The molecule has 0 bridgehead atoms. The normalized spacial score (nSPS) is 18.1. The molecule has 1 aromatic heterocycles. The summed E-state index contributed by atoms with van der Waals surface area (Å²) in [6.07, 6.45) is 4.29. The van der Waals surface area contributed by atoms with Gasteiger partial charge in [-0.25, -0.2) is 0 Å². The Hall–Kier alpha value is -4.00. The molecule has 3 heterocycles. The first kappa shape index (κ1) is 24.7. The number of pyridine rings is 1. The van der Waals surface area contributed by atoms with Crippen molar-refractivity contribution in [1.29, 1.82) is 0 Å². The van der Waals surface area contributed by atoms with Gasteiger partial charge in [0.25, 0.3) is 11.8 Å². The zero-order valence-corrected chi connectivity index (χ0v) is 21.0. The lowest BCUT2D eigenvalue weighted by Gasteiger charge is -2.40. The molecule has 190 valence electrons. The van der Waals surface area contributed by atoms with E-state index in [9.17, 15) is 14.4 Å². The number of rotatable bonds is 7. The summed E-state index contributed by atoms with van der Waals surface area (Å²) in [4.78, 5) is 46.7. The molecule has 1 N–H and O–H groups in total. The molecule has 5 rings (SSSR count). The maximum Gasteiger partial charge on any atom is 0.272 e. The van der Waals surface area contributed by atoms with Crippen LogP contribution in [-0.2, 0) is 11.2 Å². The molecule has 0 spiro atoms. The summed E-state index contributed by atoms with van der Waals surface area (Å²) in [5.74, 6) is 0.110. The third-order valence-corrected chi connectivity index (χ3v) is 7.69. The van der Waals surface area contributed by atoms with Crippen molar-refractivity contribution in [3.63, 3.8) is 0 Å². The Labute approximate surface area is 217 Å². The average Bonchev–Trinajstić information content (AvgIpc) is 3.27. The highest BCUT2D eigenvalue weighted by Crippen LogP contribution is 2.31. The lowest BCUT2D eigenvalue weighted by Crippen LogP contribution is -2.48. The first-order chi connectivity index (χ1) is 18.0. The first-order valence-electron chi connectivity index (χ1n) is 12.9. The SMILES string of the molecule is CN(C(=O)c1ccccn1)[C@@H](Cc1ccccc1)C1CCN(C(=O)C[C@H]2NC(=O)c3ccccc32)CC1. The molecule has 37 heavy (non-hydrogen) atoms. The highest BCUT2D eigenvalue weighted by Gasteiger charge is 2.35. The van der Waals surface area contributed by atoms with Gasteiger partial charge in [-0.1, -0.05) is 54.6 Å². The fraction of sp³-hybridized carbons (Fsp3) is 0.333. The number of hydrogen-bond donors (Lipinski definition) is 1. The molecule has 0 radical (unpaired) electrons. The van der Waals surface area contributed by atoms with E-state index in [1.807, 2.05) is 59.3 Å². The number of piperidine rings is 1. The van der Waals surface area contributed by atoms with E-state index in [1.165, 1.54) is 5.56 Å². The van der Waals surface area contributed by atoms with Crippen LogP contribution < -0.4 is 5.32 Å². The molecule has 0 aliphatic carbocycles. The van der Waals surface area contributed by atoms with Crippen LogP contribution in [0.1, 0.15) is 57.3 Å². The second kappa shape index (κ2) is 10.9. The van der Waals surface area contributed by atoms with Gasteiger partial charge in [0.2, 0.25) is 5.91 Å². The first-order valence-corrected chi connectivity index (χ1v) is 12.9.